The van der Waals surface area contributed by atoms with E-state index in [9.17, 15) is 9.90 Å². The second-order valence-electron chi connectivity index (χ2n) is 7.84. The van der Waals surface area contributed by atoms with Gasteiger partial charge < -0.3 is 20.7 Å². The van der Waals surface area contributed by atoms with Gasteiger partial charge in [-0.05, 0) is 50.3 Å². The van der Waals surface area contributed by atoms with E-state index in [1.165, 1.54) is 0 Å². The highest BCUT2D eigenvalue weighted by molar-refractivity contribution is 6.33. The van der Waals surface area contributed by atoms with Crippen molar-refractivity contribution in [1.29, 1.82) is 0 Å². The van der Waals surface area contributed by atoms with Gasteiger partial charge in [-0.1, -0.05) is 17.7 Å². The molecule has 2 saturated carbocycles. The topological polar surface area (TPSA) is 103 Å². The number of carbonyl (C=O) groups excluding carboxylic acids is 1. The SMILES string of the molecule is O=C(NC1CC1)c1cccc2[nH]c(-c3nc(NC4CCCC4O)ncc3Cl)cc12. The number of rotatable bonds is 5. The fraction of sp³-hybridized carbons (Fsp3) is 0.381. The summed E-state index contributed by atoms with van der Waals surface area (Å²) >= 11 is 6.38. The molecule has 2 aliphatic rings. The monoisotopic (exact) mass is 411 g/mol. The van der Waals surface area contributed by atoms with Crippen LogP contribution in [-0.4, -0.2) is 44.2 Å². The molecule has 0 aliphatic heterocycles. The first kappa shape index (κ1) is 18.4. The van der Waals surface area contributed by atoms with Crippen molar-refractivity contribution in [2.24, 2.45) is 0 Å². The van der Waals surface area contributed by atoms with Crippen LogP contribution in [0.4, 0.5) is 5.95 Å². The molecule has 5 rings (SSSR count). The summed E-state index contributed by atoms with van der Waals surface area (Å²) in [5.41, 5.74) is 2.75. The van der Waals surface area contributed by atoms with E-state index in [0.717, 1.165) is 43.0 Å². The highest BCUT2D eigenvalue weighted by Gasteiger charge is 2.27. The van der Waals surface area contributed by atoms with E-state index >= 15 is 0 Å². The Morgan fingerprint density at radius 3 is 2.86 bits per heavy atom. The van der Waals surface area contributed by atoms with Crippen LogP contribution < -0.4 is 10.6 Å². The van der Waals surface area contributed by atoms with Crippen LogP contribution in [0.15, 0.2) is 30.5 Å². The number of amides is 1. The quantitative estimate of drug-likeness (QED) is 0.514. The molecule has 2 aliphatic carbocycles. The maximum Gasteiger partial charge on any atom is 0.252 e. The number of aliphatic hydroxyl groups is 1. The molecule has 2 aromatic heterocycles. The van der Waals surface area contributed by atoms with Crippen molar-refractivity contribution in [1.82, 2.24) is 20.3 Å². The van der Waals surface area contributed by atoms with Crippen LogP contribution in [-0.2, 0) is 0 Å². The first-order chi connectivity index (χ1) is 14.1. The number of anilines is 1. The molecule has 4 N–H and O–H groups in total. The van der Waals surface area contributed by atoms with E-state index in [-0.39, 0.29) is 11.9 Å². The standard InChI is InChI=1S/C21H22ClN5O2/c22-14-10-23-21(26-16-5-2-6-18(16)28)27-19(14)17-9-13-12(3-1-4-15(13)25-17)20(29)24-11-7-8-11/h1,3-4,9-11,16,18,25,28H,2,5-8H2,(H,24,29)(H,23,26,27). The fourth-order valence-electron chi connectivity index (χ4n) is 3.87. The predicted octanol–water partition coefficient (Wildman–Crippen LogP) is 3.50. The Kier molecular flexibility index (Phi) is 4.64. The first-order valence-corrected chi connectivity index (χ1v) is 10.4. The second kappa shape index (κ2) is 7.31. The minimum atomic E-state index is -0.390. The number of aliphatic hydroxyl groups excluding tert-OH is 1. The third-order valence-corrected chi connectivity index (χ3v) is 5.89. The number of aromatic nitrogens is 3. The van der Waals surface area contributed by atoms with Gasteiger partial charge >= 0.3 is 0 Å². The summed E-state index contributed by atoms with van der Waals surface area (Å²) in [6.07, 6.45) is 5.90. The molecule has 2 heterocycles. The van der Waals surface area contributed by atoms with Gasteiger partial charge in [0.2, 0.25) is 5.95 Å². The molecule has 1 amide bonds. The molecule has 0 spiro atoms. The Balaban J connectivity index is 1.48. The van der Waals surface area contributed by atoms with Crippen LogP contribution in [0.2, 0.25) is 5.02 Å². The van der Waals surface area contributed by atoms with Crippen molar-refractivity contribution >= 4 is 34.4 Å². The third-order valence-electron chi connectivity index (χ3n) is 5.61. The zero-order valence-corrected chi connectivity index (χ0v) is 16.5. The Hall–Kier alpha value is -2.64. The Bertz CT molecular complexity index is 1080. The number of benzene rings is 1. The Morgan fingerprint density at radius 1 is 1.24 bits per heavy atom. The molecule has 3 aromatic rings. The molecular formula is C21H22ClN5O2. The molecule has 7 nitrogen and oxygen atoms in total. The third kappa shape index (κ3) is 3.68. The number of fused-ring (bicyclic) bond motifs is 1. The number of nitrogens with one attached hydrogen (secondary N) is 3. The van der Waals surface area contributed by atoms with E-state index in [4.69, 9.17) is 11.6 Å². The highest BCUT2D eigenvalue weighted by Crippen LogP contribution is 2.31. The van der Waals surface area contributed by atoms with Crippen LogP contribution in [0.3, 0.4) is 0 Å². The normalized spacial score (nSPS) is 21.4. The highest BCUT2D eigenvalue weighted by atomic mass is 35.5. The van der Waals surface area contributed by atoms with Gasteiger partial charge in [0.15, 0.2) is 0 Å². The lowest BCUT2D eigenvalue weighted by Crippen LogP contribution is -2.28. The average Bonchev–Trinajstić information content (AvgIpc) is 3.27. The van der Waals surface area contributed by atoms with E-state index in [2.05, 4.69) is 25.6 Å². The van der Waals surface area contributed by atoms with Gasteiger partial charge in [-0.2, -0.15) is 0 Å². The van der Waals surface area contributed by atoms with Crippen molar-refractivity contribution < 1.29 is 9.90 Å². The Morgan fingerprint density at radius 2 is 2.10 bits per heavy atom. The summed E-state index contributed by atoms with van der Waals surface area (Å²) in [5, 5.41) is 17.5. The van der Waals surface area contributed by atoms with Crippen LogP contribution >= 0.6 is 11.6 Å². The van der Waals surface area contributed by atoms with Crippen LogP contribution in [0, 0.1) is 0 Å². The maximum absolute atomic E-state index is 12.6. The summed E-state index contributed by atoms with van der Waals surface area (Å²) in [6, 6.07) is 7.76. The molecule has 0 radical (unpaired) electrons. The summed E-state index contributed by atoms with van der Waals surface area (Å²) in [7, 11) is 0. The van der Waals surface area contributed by atoms with Gasteiger partial charge in [-0.3, -0.25) is 4.79 Å². The van der Waals surface area contributed by atoms with E-state index in [1.807, 2.05) is 24.3 Å². The molecule has 29 heavy (non-hydrogen) atoms. The number of halogens is 1. The summed E-state index contributed by atoms with van der Waals surface area (Å²) in [6.45, 7) is 0. The smallest absolute Gasteiger partial charge is 0.252 e. The molecule has 2 atom stereocenters. The van der Waals surface area contributed by atoms with Gasteiger partial charge in [0.25, 0.3) is 5.91 Å². The summed E-state index contributed by atoms with van der Waals surface area (Å²) < 4.78 is 0. The number of nitrogens with zero attached hydrogens (tertiary/aromatic N) is 2. The minimum Gasteiger partial charge on any atom is -0.391 e. The van der Waals surface area contributed by atoms with Crippen LogP contribution in [0.25, 0.3) is 22.3 Å². The van der Waals surface area contributed by atoms with Crippen molar-refractivity contribution in [3.8, 4) is 11.4 Å². The van der Waals surface area contributed by atoms with E-state index < -0.39 is 6.10 Å². The number of hydrogen-bond donors (Lipinski definition) is 4. The van der Waals surface area contributed by atoms with Gasteiger partial charge in [-0.15, -0.1) is 0 Å². The molecule has 0 saturated heterocycles. The molecule has 0 bridgehead atoms. The first-order valence-electron chi connectivity index (χ1n) is 9.98. The van der Waals surface area contributed by atoms with Gasteiger partial charge in [0.05, 0.1) is 29.1 Å². The lowest BCUT2D eigenvalue weighted by molar-refractivity contribution is 0.0952. The van der Waals surface area contributed by atoms with Gasteiger partial charge in [0, 0.05) is 22.5 Å². The number of H-pyrrole nitrogens is 1. The average molecular weight is 412 g/mol. The molecule has 2 fully saturated rings. The maximum atomic E-state index is 12.6. The summed E-state index contributed by atoms with van der Waals surface area (Å²) in [5.74, 6) is 0.371. The molecular weight excluding hydrogens is 390 g/mol. The number of aromatic amines is 1. The van der Waals surface area contributed by atoms with Crippen LogP contribution in [0.5, 0.6) is 0 Å². The molecule has 2 unspecified atom stereocenters. The number of carbonyl (C=O) groups is 1. The van der Waals surface area contributed by atoms with Crippen LogP contribution in [0.1, 0.15) is 42.5 Å². The summed E-state index contributed by atoms with van der Waals surface area (Å²) in [4.78, 5) is 24.7. The largest absolute Gasteiger partial charge is 0.391 e. The van der Waals surface area contributed by atoms with Crippen molar-refractivity contribution in [3.05, 3.63) is 41.0 Å². The molecule has 8 heteroatoms. The lowest BCUT2D eigenvalue weighted by Gasteiger charge is -2.16. The number of hydrogen-bond acceptors (Lipinski definition) is 5. The van der Waals surface area contributed by atoms with E-state index in [0.29, 0.717) is 34.0 Å². The van der Waals surface area contributed by atoms with Gasteiger partial charge in [-0.25, -0.2) is 9.97 Å². The zero-order valence-electron chi connectivity index (χ0n) is 15.8. The zero-order chi connectivity index (χ0) is 20.0. The van der Waals surface area contributed by atoms with Crippen molar-refractivity contribution in [2.45, 2.75) is 50.3 Å². The predicted molar refractivity (Wildman–Crippen MR) is 112 cm³/mol. The minimum absolute atomic E-state index is 0.0514. The Labute approximate surface area is 172 Å². The second-order valence-corrected chi connectivity index (χ2v) is 8.24. The lowest BCUT2D eigenvalue weighted by atomic mass is 10.1. The van der Waals surface area contributed by atoms with Crippen molar-refractivity contribution in [2.75, 3.05) is 5.32 Å². The van der Waals surface area contributed by atoms with E-state index in [1.54, 1.807) is 6.20 Å². The molecule has 150 valence electrons. The fourth-order valence-corrected chi connectivity index (χ4v) is 4.06. The van der Waals surface area contributed by atoms with Gasteiger partial charge in [0.1, 0.15) is 5.69 Å². The molecule has 1 aromatic carbocycles. The van der Waals surface area contributed by atoms with Crippen molar-refractivity contribution in [3.63, 3.8) is 0 Å².